The molecule has 1 fully saturated rings. The van der Waals surface area contributed by atoms with E-state index in [9.17, 15) is 4.79 Å². The maximum Gasteiger partial charge on any atom is 0.514 e. The Morgan fingerprint density at radius 1 is 1.10 bits per heavy atom. The molecule has 0 bridgehead atoms. The second kappa shape index (κ2) is 4.80. The molecule has 0 N–H and O–H groups in total. The summed E-state index contributed by atoms with van der Waals surface area (Å²) >= 11 is 1.61. The zero-order chi connectivity index (χ0) is 14.2. The predicted molar refractivity (Wildman–Crippen MR) is 78.4 cm³/mol. The smallest absolute Gasteiger partial charge is 0.420 e. The highest BCUT2D eigenvalue weighted by atomic mass is 32.1. The van der Waals surface area contributed by atoms with Crippen LogP contribution in [0, 0.1) is 0 Å². The summed E-state index contributed by atoms with van der Waals surface area (Å²) in [4.78, 5) is 12.6. The van der Waals surface area contributed by atoms with Crippen LogP contribution < -0.4 is 0 Å². The van der Waals surface area contributed by atoms with Crippen LogP contribution >= 0.6 is 11.3 Å². The molecule has 0 unspecified atom stereocenters. The highest BCUT2D eigenvalue weighted by molar-refractivity contribution is 7.11. The van der Waals surface area contributed by atoms with E-state index in [1.54, 1.807) is 11.3 Å². The van der Waals surface area contributed by atoms with Gasteiger partial charge in [0.2, 0.25) is 0 Å². The molecule has 0 radical (unpaired) electrons. The van der Waals surface area contributed by atoms with Crippen molar-refractivity contribution in [3.63, 3.8) is 0 Å². The van der Waals surface area contributed by atoms with E-state index in [1.165, 1.54) is 0 Å². The average molecular weight is 286 g/mol. The minimum atomic E-state index is -0.758. The van der Waals surface area contributed by atoms with Gasteiger partial charge in [0.25, 0.3) is 0 Å². The molecule has 1 aromatic heterocycles. The first-order chi connectivity index (χ1) is 9.58. The Morgan fingerprint density at radius 2 is 1.85 bits per heavy atom. The van der Waals surface area contributed by atoms with Gasteiger partial charge < -0.3 is 9.47 Å². The first-order valence-electron chi connectivity index (χ1n) is 6.33. The molecule has 3 nitrogen and oxygen atoms in total. The van der Waals surface area contributed by atoms with Gasteiger partial charge in [0.1, 0.15) is 0 Å². The van der Waals surface area contributed by atoms with Gasteiger partial charge in [-0.1, -0.05) is 36.4 Å². The van der Waals surface area contributed by atoms with Crippen molar-refractivity contribution >= 4 is 23.1 Å². The van der Waals surface area contributed by atoms with Crippen molar-refractivity contribution in [3.05, 3.63) is 64.0 Å². The summed E-state index contributed by atoms with van der Waals surface area (Å²) in [5, 5.41) is 2.00. The zero-order valence-electron chi connectivity index (χ0n) is 11.3. The third kappa shape index (κ3) is 2.23. The van der Waals surface area contributed by atoms with Gasteiger partial charge in [-0.25, -0.2) is 4.79 Å². The molecule has 2 aromatic rings. The van der Waals surface area contributed by atoms with Crippen molar-refractivity contribution in [3.8, 4) is 0 Å². The van der Waals surface area contributed by atoms with Crippen LogP contribution in [0.2, 0.25) is 0 Å². The van der Waals surface area contributed by atoms with Gasteiger partial charge >= 0.3 is 6.16 Å². The molecule has 0 saturated carbocycles. The Bertz CT molecular complexity index is 654. The Balaban J connectivity index is 2.24. The van der Waals surface area contributed by atoms with Gasteiger partial charge in [0.15, 0.2) is 11.4 Å². The van der Waals surface area contributed by atoms with Crippen LogP contribution in [0.25, 0.3) is 5.57 Å². The van der Waals surface area contributed by atoms with E-state index >= 15 is 0 Å². The van der Waals surface area contributed by atoms with Crippen LogP contribution in [0.15, 0.2) is 53.6 Å². The van der Waals surface area contributed by atoms with Crippen molar-refractivity contribution in [2.45, 2.75) is 19.4 Å². The van der Waals surface area contributed by atoms with Gasteiger partial charge in [0.05, 0.1) is 0 Å². The molecule has 1 aliphatic heterocycles. The topological polar surface area (TPSA) is 35.5 Å². The lowest BCUT2D eigenvalue weighted by atomic mass is 9.96. The molecule has 0 aliphatic carbocycles. The molecule has 3 rings (SSSR count). The first kappa shape index (κ1) is 12.9. The lowest BCUT2D eigenvalue weighted by Crippen LogP contribution is -2.21. The normalized spacial score (nSPS) is 19.4. The number of ether oxygens (including phenoxy) is 2. The number of carbonyl (C=O) groups excluding carboxylic acids is 1. The molecule has 2 heterocycles. The summed E-state index contributed by atoms with van der Waals surface area (Å²) in [6.45, 7) is 3.67. The number of hydrogen-bond acceptors (Lipinski definition) is 4. The highest BCUT2D eigenvalue weighted by Gasteiger charge is 2.42. The third-order valence-corrected chi connectivity index (χ3v) is 4.02. The van der Waals surface area contributed by atoms with Gasteiger partial charge in [-0.15, -0.1) is 11.3 Å². The first-order valence-corrected chi connectivity index (χ1v) is 7.21. The molecule has 0 amide bonds. The lowest BCUT2D eigenvalue weighted by Gasteiger charge is -2.18. The number of cyclic esters (lactones) is 2. The highest BCUT2D eigenvalue weighted by Crippen LogP contribution is 2.40. The fraction of sp³-hybridized carbons (Fsp3) is 0.188. The SMILES string of the molecule is CC1(C)OC(=O)O/C1=C(\c1ccccc1)c1cccs1. The van der Waals surface area contributed by atoms with Crippen LogP contribution in [0.4, 0.5) is 4.79 Å². The van der Waals surface area contributed by atoms with Crippen LogP contribution in [-0.4, -0.2) is 11.8 Å². The quantitative estimate of drug-likeness (QED) is 0.765. The van der Waals surface area contributed by atoms with E-state index in [2.05, 4.69) is 0 Å². The number of hydrogen-bond donors (Lipinski definition) is 0. The number of benzene rings is 1. The van der Waals surface area contributed by atoms with Crippen LogP contribution in [0.3, 0.4) is 0 Å². The van der Waals surface area contributed by atoms with E-state index in [1.807, 2.05) is 61.7 Å². The van der Waals surface area contributed by atoms with Gasteiger partial charge in [-0.3, -0.25) is 0 Å². The van der Waals surface area contributed by atoms with Gasteiger partial charge in [-0.05, 0) is 30.9 Å². The Morgan fingerprint density at radius 3 is 2.40 bits per heavy atom. The van der Waals surface area contributed by atoms with Crippen molar-refractivity contribution in [2.24, 2.45) is 0 Å². The predicted octanol–water partition coefficient (Wildman–Crippen LogP) is 4.45. The van der Waals surface area contributed by atoms with Crippen molar-refractivity contribution in [2.75, 3.05) is 0 Å². The van der Waals surface area contributed by atoms with Crippen molar-refractivity contribution in [1.82, 2.24) is 0 Å². The van der Waals surface area contributed by atoms with Crippen LogP contribution in [0.1, 0.15) is 24.3 Å². The van der Waals surface area contributed by atoms with Gasteiger partial charge in [0, 0.05) is 10.5 Å². The third-order valence-electron chi connectivity index (χ3n) is 3.13. The van der Waals surface area contributed by atoms with Crippen LogP contribution in [0.5, 0.6) is 0 Å². The molecule has 20 heavy (non-hydrogen) atoms. The Kier molecular flexibility index (Phi) is 3.10. The number of thiophene rings is 1. The second-order valence-corrected chi connectivity index (χ2v) is 5.96. The zero-order valence-corrected chi connectivity index (χ0v) is 12.1. The molecule has 1 aliphatic rings. The number of carbonyl (C=O) groups is 1. The van der Waals surface area contributed by atoms with Gasteiger partial charge in [-0.2, -0.15) is 0 Å². The monoisotopic (exact) mass is 286 g/mol. The second-order valence-electron chi connectivity index (χ2n) is 5.01. The summed E-state index contributed by atoms with van der Waals surface area (Å²) in [7, 11) is 0. The Labute approximate surface area is 121 Å². The van der Waals surface area contributed by atoms with E-state index < -0.39 is 11.8 Å². The molecule has 4 heteroatoms. The summed E-state index contributed by atoms with van der Waals surface area (Å²) in [5.41, 5.74) is 1.17. The van der Waals surface area contributed by atoms with Crippen molar-refractivity contribution in [1.29, 1.82) is 0 Å². The minimum Gasteiger partial charge on any atom is -0.420 e. The van der Waals surface area contributed by atoms with E-state index in [0.29, 0.717) is 5.76 Å². The van der Waals surface area contributed by atoms with Crippen LogP contribution in [-0.2, 0) is 9.47 Å². The van der Waals surface area contributed by atoms with E-state index in [-0.39, 0.29) is 0 Å². The Hall–Kier alpha value is -2.07. The molecule has 1 aromatic carbocycles. The summed E-state index contributed by atoms with van der Waals surface area (Å²) in [5.74, 6) is 0.566. The maximum absolute atomic E-state index is 11.5. The maximum atomic E-state index is 11.5. The standard InChI is InChI=1S/C16H14O3S/c1-16(2)14(18-15(17)19-16)13(12-9-6-10-20-12)11-7-4-3-5-8-11/h3-10H,1-2H3/b14-13+. The summed E-state index contributed by atoms with van der Waals surface area (Å²) in [6, 6.07) is 13.9. The largest absolute Gasteiger partial charge is 0.514 e. The lowest BCUT2D eigenvalue weighted by molar-refractivity contribution is 0.0873. The fourth-order valence-corrected chi connectivity index (χ4v) is 3.03. The minimum absolute atomic E-state index is 0.566. The van der Waals surface area contributed by atoms with E-state index in [0.717, 1.165) is 16.0 Å². The van der Waals surface area contributed by atoms with E-state index in [4.69, 9.17) is 9.47 Å². The molecular formula is C16H14O3S. The summed E-state index contributed by atoms with van der Waals surface area (Å²) < 4.78 is 10.6. The molecule has 0 spiro atoms. The fourth-order valence-electron chi connectivity index (χ4n) is 2.24. The summed E-state index contributed by atoms with van der Waals surface area (Å²) in [6.07, 6.45) is -0.644. The molecule has 102 valence electrons. The average Bonchev–Trinajstić information content (AvgIpc) is 3.00. The molecule has 0 atom stereocenters. The molecular weight excluding hydrogens is 272 g/mol. The molecule has 1 saturated heterocycles. The van der Waals surface area contributed by atoms with Crippen molar-refractivity contribution < 1.29 is 14.3 Å². The number of rotatable bonds is 2.